The molecule has 1 aliphatic heterocycles. The minimum atomic E-state index is -0.535. The van der Waals surface area contributed by atoms with E-state index < -0.39 is 5.60 Å². The Bertz CT molecular complexity index is 353. The Kier molecular flexibility index (Phi) is 9.77. The topological polar surface area (TPSA) is 59.9 Å². The number of piperidine rings is 1. The van der Waals surface area contributed by atoms with Gasteiger partial charge in [0.2, 0.25) is 0 Å². The largest absolute Gasteiger partial charge is 0.388 e. The van der Waals surface area contributed by atoms with Crippen molar-refractivity contribution in [2.24, 2.45) is 10.9 Å². The first-order chi connectivity index (χ1) is 10.6. The summed E-state index contributed by atoms with van der Waals surface area (Å²) in [6, 6.07) is 0. The minimum absolute atomic E-state index is 0. The lowest BCUT2D eigenvalue weighted by molar-refractivity contribution is -0.0236. The van der Waals surface area contributed by atoms with Crippen LogP contribution in [0.4, 0.5) is 0 Å². The van der Waals surface area contributed by atoms with Gasteiger partial charge in [0.15, 0.2) is 5.96 Å². The van der Waals surface area contributed by atoms with Crippen molar-refractivity contribution >= 4 is 29.9 Å². The Labute approximate surface area is 158 Å². The van der Waals surface area contributed by atoms with Crippen molar-refractivity contribution in [2.45, 2.75) is 58.0 Å². The van der Waals surface area contributed by atoms with E-state index in [1.807, 2.05) is 0 Å². The van der Waals surface area contributed by atoms with Crippen LogP contribution in [0.2, 0.25) is 0 Å². The molecule has 136 valence electrons. The first-order valence-electron chi connectivity index (χ1n) is 9.08. The third kappa shape index (κ3) is 7.56. The third-order valence-electron chi connectivity index (χ3n) is 4.98. The molecule has 2 aliphatic rings. The summed E-state index contributed by atoms with van der Waals surface area (Å²) in [6.07, 6.45) is 6.74. The Balaban J connectivity index is 0.00000264. The molecule has 0 aromatic heterocycles. The van der Waals surface area contributed by atoms with Crippen LogP contribution in [0.15, 0.2) is 4.99 Å². The molecule has 0 amide bonds. The van der Waals surface area contributed by atoms with Gasteiger partial charge in [0.25, 0.3) is 0 Å². The van der Waals surface area contributed by atoms with E-state index in [1.54, 1.807) is 0 Å². The molecular formula is C17H35IN4O. The van der Waals surface area contributed by atoms with E-state index in [0.29, 0.717) is 6.54 Å². The van der Waals surface area contributed by atoms with Gasteiger partial charge in [-0.25, -0.2) is 0 Å². The molecule has 1 saturated heterocycles. The van der Waals surface area contributed by atoms with E-state index >= 15 is 0 Å². The lowest BCUT2D eigenvalue weighted by Crippen LogP contribution is -2.43. The average molecular weight is 438 g/mol. The summed E-state index contributed by atoms with van der Waals surface area (Å²) in [6.45, 7) is 10.4. The fraction of sp³-hybridized carbons (Fsp3) is 0.941. The number of likely N-dealkylation sites (tertiary alicyclic amines) is 1. The summed E-state index contributed by atoms with van der Waals surface area (Å²) in [5.74, 6) is 1.74. The third-order valence-corrected chi connectivity index (χ3v) is 4.98. The fourth-order valence-electron chi connectivity index (χ4n) is 3.11. The molecule has 0 radical (unpaired) electrons. The Morgan fingerprint density at radius 2 is 1.96 bits per heavy atom. The van der Waals surface area contributed by atoms with Gasteiger partial charge in [-0.05, 0) is 71.0 Å². The lowest BCUT2D eigenvalue weighted by Gasteiger charge is -2.35. The van der Waals surface area contributed by atoms with Crippen LogP contribution >= 0.6 is 24.0 Å². The highest BCUT2D eigenvalue weighted by Gasteiger charge is 2.34. The zero-order valence-electron chi connectivity index (χ0n) is 14.8. The molecule has 1 heterocycles. The predicted octanol–water partition coefficient (Wildman–Crippen LogP) is 2.20. The molecule has 2 rings (SSSR count). The molecule has 2 fully saturated rings. The highest BCUT2D eigenvalue weighted by molar-refractivity contribution is 14.0. The van der Waals surface area contributed by atoms with Gasteiger partial charge in [-0.3, -0.25) is 4.99 Å². The van der Waals surface area contributed by atoms with E-state index in [1.165, 1.54) is 32.5 Å². The number of nitrogens with zero attached hydrogens (tertiary/aromatic N) is 2. The molecule has 6 heteroatoms. The van der Waals surface area contributed by atoms with Crippen molar-refractivity contribution < 1.29 is 5.11 Å². The van der Waals surface area contributed by atoms with Crippen molar-refractivity contribution in [3.05, 3.63) is 0 Å². The SMILES string of the molecule is CCNC(=NCC1(O)CCC1)NCCCN1CCC(C)CC1.I. The summed E-state index contributed by atoms with van der Waals surface area (Å²) in [5.41, 5.74) is -0.535. The maximum Gasteiger partial charge on any atom is 0.191 e. The number of nitrogens with one attached hydrogen (secondary N) is 2. The van der Waals surface area contributed by atoms with Gasteiger partial charge in [0.1, 0.15) is 0 Å². The minimum Gasteiger partial charge on any atom is -0.388 e. The molecule has 0 spiro atoms. The Morgan fingerprint density at radius 3 is 2.52 bits per heavy atom. The van der Waals surface area contributed by atoms with Gasteiger partial charge in [-0.1, -0.05) is 6.92 Å². The van der Waals surface area contributed by atoms with Gasteiger partial charge in [-0.15, -0.1) is 24.0 Å². The van der Waals surface area contributed by atoms with E-state index in [9.17, 15) is 5.11 Å². The van der Waals surface area contributed by atoms with Crippen LogP contribution in [-0.4, -0.2) is 60.8 Å². The number of halogens is 1. The monoisotopic (exact) mass is 438 g/mol. The zero-order chi connectivity index (χ0) is 15.8. The summed E-state index contributed by atoms with van der Waals surface area (Å²) < 4.78 is 0. The van der Waals surface area contributed by atoms with Gasteiger partial charge < -0.3 is 20.6 Å². The van der Waals surface area contributed by atoms with Gasteiger partial charge >= 0.3 is 0 Å². The van der Waals surface area contributed by atoms with Crippen LogP contribution in [0.1, 0.15) is 52.4 Å². The van der Waals surface area contributed by atoms with Crippen LogP contribution in [0, 0.1) is 5.92 Å². The highest BCUT2D eigenvalue weighted by atomic mass is 127. The van der Waals surface area contributed by atoms with Crippen LogP contribution in [0.3, 0.4) is 0 Å². The second-order valence-corrected chi connectivity index (χ2v) is 7.08. The van der Waals surface area contributed by atoms with E-state index in [2.05, 4.69) is 34.4 Å². The van der Waals surface area contributed by atoms with Crippen LogP contribution in [0.5, 0.6) is 0 Å². The van der Waals surface area contributed by atoms with Crippen LogP contribution in [-0.2, 0) is 0 Å². The first-order valence-corrected chi connectivity index (χ1v) is 9.08. The molecule has 0 aromatic rings. The van der Waals surface area contributed by atoms with Crippen molar-refractivity contribution in [3.63, 3.8) is 0 Å². The molecule has 3 N–H and O–H groups in total. The molecule has 0 unspecified atom stereocenters. The number of hydrogen-bond acceptors (Lipinski definition) is 3. The van der Waals surface area contributed by atoms with Gasteiger partial charge in [-0.2, -0.15) is 0 Å². The second-order valence-electron chi connectivity index (χ2n) is 7.08. The van der Waals surface area contributed by atoms with Gasteiger partial charge in [0.05, 0.1) is 12.1 Å². The molecule has 0 atom stereocenters. The number of rotatable bonds is 7. The van der Waals surface area contributed by atoms with Crippen LogP contribution in [0.25, 0.3) is 0 Å². The predicted molar refractivity (Wildman–Crippen MR) is 108 cm³/mol. The van der Waals surface area contributed by atoms with Crippen molar-refractivity contribution in [2.75, 3.05) is 39.3 Å². The number of aliphatic imine (C=N–C) groups is 1. The summed E-state index contributed by atoms with van der Waals surface area (Å²) in [5, 5.41) is 16.8. The maximum atomic E-state index is 10.1. The molecular weight excluding hydrogens is 403 g/mol. The molecule has 23 heavy (non-hydrogen) atoms. The summed E-state index contributed by atoms with van der Waals surface area (Å²) in [7, 11) is 0. The van der Waals surface area contributed by atoms with E-state index in [-0.39, 0.29) is 24.0 Å². The molecule has 1 saturated carbocycles. The van der Waals surface area contributed by atoms with Crippen molar-refractivity contribution in [1.29, 1.82) is 0 Å². The fourth-order valence-corrected chi connectivity index (χ4v) is 3.11. The number of guanidine groups is 1. The lowest BCUT2D eigenvalue weighted by atomic mass is 9.80. The van der Waals surface area contributed by atoms with Crippen molar-refractivity contribution in [1.82, 2.24) is 15.5 Å². The zero-order valence-corrected chi connectivity index (χ0v) is 17.1. The smallest absolute Gasteiger partial charge is 0.191 e. The average Bonchev–Trinajstić information content (AvgIpc) is 2.49. The van der Waals surface area contributed by atoms with Crippen molar-refractivity contribution in [3.8, 4) is 0 Å². The Morgan fingerprint density at radius 1 is 1.26 bits per heavy atom. The first kappa shape index (κ1) is 21.0. The number of aliphatic hydroxyl groups is 1. The molecule has 5 nitrogen and oxygen atoms in total. The van der Waals surface area contributed by atoms with E-state index in [0.717, 1.165) is 50.7 Å². The Hall–Kier alpha value is -0.0800. The number of hydrogen-bond donors (Lipinski definition) is 3. The molecule has 0 aromatic carbocycles. The summed E-state index contributed by atoms with van der Waals surface area (Å²) in [4.78, 5) is 7.10. The normalized spacial score (nSPS) is 22.1. The molecule has 1 aliphatic carbocycles. The maximum absolute atomic E-state index is 10.1. The van der Waals surface area contributed by atoms with Crippen LogP contribution < -0.4 is 10.6 Å². The second kappa shape index (κ2) is 10.7. The van der Waals surface area contributed by atoms with Gasteiger partial charge in [0, 0.05) is 13.1 Å². The summed E-state index contributed by atoms with van der Waals surface area (Å²) >= 11 is 0. The standard InChI is InChI=1S/C17H34N4O.HI/c1-3-18-16(20-14-17(22)8-4-9-17)19-10-5-11-21-12-6-15(2)7-13-21;/h15,22H,3-14H2,1-2H3,(H2,18,19,20);1H. The van der Waals surface area contributed by atoms with E-state index in [4.69, 9.17) is 0 Å². The molecule has 0 bridgehead atoms. The highest BCUT2D eigenvalue weighted by Crippen LogP contribution is 2.31. The quantitative estimate of drug-likeness (QED) is 0.247.